The van der Waals surface area contributed by atoms with Crippen molar-refractivity contribution >= 4 is 22.7 Å². The third-order valence-electron chi connectivity index (χ3n) is 5.40. The number of carbonyl (C=O) groups excluding carboxylic acids is 2. The van der Waals surface area contributed by atoms with Crippen LogP contribution in [0.25, 0.3) is 10.9 Å². The number of carbonyl (C=O) groups is 2. The molecule has 1 atom stereocenters. The Morgan fingerprint density at radius 1 is 1.27 bits per heavy atom. The summed E-state index contributed by atoms with van der Waals surface area (Å²) in [4.78, 5) is 26.8. The molecule has 2 amide bonds. The van der Waals surface area contributed by atoms with Gasteiger partial charge in [0, 0.05) is 30.9 Å². The van der Waals surface area contributed by atoms with Crippen LogP contribution in [-0.2, 0) is 16.1 Å². The minimum atomic E-state index is -0.0539. The van der Waals surface area contributed by atoms with Gasteiger partial charge in [-0.05, 0) is 44.7 Å². The maximum atomic E-state index is 12.6. The minimum absolute atomic E-state index is 0.0539. The number of likely N-dealkylation sites (tertiary alicyclic amines) is 1. The van der Waals surface area contributed by atoms with Gasteiger partial charge < -0.3 is 10.2 Å². The molecule has 4 rings (SSSR count). The molecule has 1 aliphatic heterocycles. The predicted octanol–water partition coefficient (Wildman–Crippen LogP) is 2.25. The summed E-state index contributed by atoms with van der Waals surface area (Å²) in [7, 11) is 0. The van der Waals surface area contributed by atoms with Crippen LogP contribution in [0, 0.1) is 12.8 Å². The second-order valence-electron chi connectivity index (χ2n) is 7.64. The minimum Gasteiger partial charge on any atom is -0.353 e. The molecule has 2 heterocycles. The average Bonchev–Trinajstić information content (AvgIpc) is 3.37. The van der Waals surface area contributed by atoms with Crippen molar-refractivity contribution in [3.8, 4) is 0 Å². The van der Waals surface area contributed by atoms with Crippen LogP contribution >= 0.6 is 0 Å². The number of aromatic nitrogens is 2. The molecule has 0 bridgehead atoms. The van der Waals surface area contributed by atoms with E-state index in [4.69, 9.17) is 0 Å². The van der Waals surface area contributed by atoms with Gasteiger partial charge in [-0.1, -0.05) is 11.6 Å². The van der Waals surface area contributed by atoms with Crippen LogP contribution < -0.4 is 5.32 Å². The lowest BCUT2D eigenvalue weighted by molar-refractivity contribution is -0.136. The summed E-state index contributed by atoms with van der Waals surface area (Å²) in [5.74, 6) is 0.185. The summed E-state index contributed by atoms with van der Waals surface area (Å²) >= 11 is 0. The van der Waals surface area contributed by atoms with E-state index in [9.17, 15) is 9.59 Å². The van der Waals surface area contributed by atoms with Crippen LogP contribution in [0.2, 0.25) is 0 Å². The summed E-state index contributed by atoms with van der Waals surface area (Å²) < 4.78 is 1.90. The molecule has 1 saturated heterocycles. The molecule has 1 aromatic heterocycles. The first-order chi connectivity index (χ1) is 12.6. The molecule has 26 heavy (non-hydrogen) atoms. The summed E-state index contributed by atoms with van der Waals surface area (Å²) in [5.41, 5.74) is 2.26. The van der Waals surface area contributed by atoms with Gasteiger partial charge in [0.25, 0.3) is 0 Å². The van der Waals surface area contributed by atoms with E-state index in [0.29, 0.717) is 25.6 Å². The Bertz CT molecular complexity index is 824. The maximum Gasteiger partial charge on any atom is 0.225 e. The van der Waals surface area contributed by atoms with Gasteiger partial charge in [0.15, 0.2) is 0 Å². The molecule has 1 N–H and O–H groups in total. The number of hydrogen-bond donors (Lipinski definition) is 1. The Hall–Kier alpha value is -2.37. The number of nitrogens with one attached hydrogen (secondary N) is 1. The van der Waals surface area contributed by atoms with Crippen molar-refractivity contribution in [1.29, 1.82) is 0 Å². The molecule has 1 saturated carbocycles. The Morgan fingerprint density at radius 2 is 2.12 bits per heavy atom. The van der Waals surface area contributed by atoms with Gasteiger partial charge >= 0.3 is 0 Å². The SMILES string of the molecule is Cc1ccc2c(cnn2CCC(=O)N2CCC[C@@H](C(=O)NC3CC3)C2)c1. The molecule has 138 valence electrons. The van der Waals surface area contributed by atoms with Gasteiger partial charge in [-0.25, -0.2) is 0 Å². The van der Waals surface area contributed by atoms with Gasteiger partial charge in [0.05, 0.1) is 24.2 Å². The number of amides is 2. The van der Waals surface area contributed by atoms with Gasteiger partial charge in [-0.3, -0.25) is 14.3 Å². The predicted molar refractivity (Wildman–Crippen MR) is 99.6 cm³/mol. The van der Waals surface area contributed by atoms with Crippen LogP contribution in [0.15, 0.2) is 24.4 Å². The number of rotatable bonds is 5. The van der Waals surface area contributed by atoms with E-state index in [1.807, 2.05) is 15.8 Å². The van der Waals surface area contributed by atoms with E-state index in [1.165, 1.54) is 5.56 Å². The van der Waals surface area contributed by atoms with Gasteiger partial charge in [-0.2, -0.15) is 5.10 Å². The number of benzene rings is 1. The van der Waals surface area contributed by atoms with Crippen LogP contribution in [0.4, 0.5) is 0 Å². The Balaban J connectivity index is 1.34. The van der Waals surface area contributed by atoms with Crippen molar-refractivity contribution < 1.29 is 9.59 Å². The largest absolute Gasteiger partial charge is 0.353 e. The van der Waals surface area contributed by atoms with Crippen LogP contribution in [0.1, 0.15) is 37.7 Å². The van der Waals surface area contributed by atoms with Crippen LogP contribution in [0.5, 0.6) is 0 Å². The molecule has 1 aliphatic carbocycles. The topological polar surface area (TPSA) is 67.2 Å². The molecule has 6 nitrogen and oxygen atoms in total. The van der Waals surface area contributed by atoms with Crippen molar-refractivity contribution in [2.24, 2.45) is 5.92 Å². The van der Waals surface area contributed by atoms with Gasteiger partial charge in [0.1, 0.15) is 0 Å². The molecule has 2 aromatic rings. The number of hydrogen-bond acceptors (Lipinski definition) is 3. The number of piperidine rings is 1. The first kappa shape index (κ1) is 17.1. The van der Waals surface area contributed by atoms with Crippen molar-refractivity contribution in [3.05, 3.63) is 30.0 Å². The molecule has 0 spiro atoms. The lowest BCUT2D eigenvalue weighted by Crippen LogP contribution is -2.46. The molecule has 6 heteroatoms. The van der Waals surface area contributed by atoms with Crippen LogP contribution in [0.3, 0.4) is 0 Å². The lowest BCUT2D eigenvalue weighted by Gasteiger charge is -2.32. The Kier molecular flexibility index (Phi) is 4.66. The zero-order chi connectivity index (χ0) is 18.1. The fourth-order valence-electron chi connectivity index (χ4n) is 3.71. The van der Waals surface area contributed by atoms with Crippen molar-refractivity contribution in [2.75, 3.05) is 13.1 Å². The highest BCUT2D eigenvalue weighted by Crippen LogP contribution is 2.23. The smallest absolute Gasteiger partial charge is 0.225 e. The Labute approximate surface area is 153 Å². The third-order valence-corrected chi connectivity index (χ3v) is 5.40. The van der Waals surface area contributed by atoms with E-state index in [0.717, 1.165) is 43.1 Å². The van der Waals surface area contributed by atoms with E-state index < -0.39 is 0 Å². The van der Waals surface area contributed by atoms with E-state index in [1.54, 1.807) is 0 Å². The first-order valence-corrected chi connectivity index (χ1v) is 9.60. The zero-order valence-electron chi connectivity index (χ0n) is 15.3. The molecule has 2 fully saturated rings. The number of aryl methyl sites for hydroxylation is 2. The maximum absolute atomic E-state index is 12.6. The first-order valence-electron chi connectivity index (χ1n) is 9.60. The molecule has 0 unspecified atom stereocenters. The highest BCUT2D eigenvalue weighted by molar-refractivity contribution is 5.82. The Morgan fingerprint density at radius 3 is 2.92 bits per heavy atom. The summed E-state index contributed by atoms with van der Waals surface area (Å²) in [5, 5.41) is 8.59. The van der Waals surface area contributed by atoms with Crippen molar-refractivity contribution in [3.63, 3.8) is 0 Å². The van der Waals surface area contributed by atoms with Crippen molar-refractivity contribution in [1.82, 2.24) is 20.0 Å². The lowest BCUT2D eigenvalue weighted by atomic mass is 9.97. The quantitative estimate of drug-likeness (QED) is 0.895. The molecule has 2 aliphatic rings. The number of nitrogens with zero attached hydrogens (tertiary/aromatic N) is 3. The fourth-order valence-corrected chi connectivity index (χ4v) is 3.71. The summed E-state index contributed by atoms with van der Waals surface area (Å²) in [6.45, 7) is 3.94. The van der Waals surface area contributed by atoms with E-state index >= 15 is 0 Å². The van der Waals surface area contributed by atoms with Crippen molar-refractivity contribution in [2.45, 2.75) is 51.6 Å². The standard InChI is InChI=1S/C20H26N4O2/c1-14-4-7-18-16(11-14)12-21-24(18)10-8-19(25)23-9-2-3-15(13-23)20(26)22-17-5-6-17/h4,7,11-12,15,17H,2-3,5-6,8-10,13H2,1H3,(H,22,26)/t15-/m1/s1. The molecule has 0 radical (unpaired) electrons. The molecular formula is C20H26N4O2. The molecule has 1 aromatic carbocycles. The fraction of sp³-hybridized carbons (Fsp3) is 0.550. The van der Waals surface area contributed by atoms with E-state index in [-0.39, 0.29) is 17.7 Å². The zero-order valence-corrected chi connectivity index (χ0v) is 15.3. The normalized spacial score (nSPS) is 20.3. The average molecular weight is 354 g/mol. The highest BCUT2D eigenvalue weighted by Gasteiger charge is 2.31. The summed E-state index contributed by atoms with van der Waals surface area (Å²) in [6.07, 6.45) is 6.24. The summed E-state index contributed by atoms with van der Waals surface area (Å²) in [6, 6.07) is 6.61. The van der Waals surface area contributed by atoms with E-state index in [2.05, 4.69) is 35.5 Å². The van der Waals surface area contributed by atoms with Gasteiger partial charge in [0.2, 0.25) is 11.8 Å². The van der Waals surface area contributed by atoms with Gasteiger partial charge in [-0.15, -0.1) is 0 Å². The monoisotopic (exact) mass is 354 g/mol. The number of fused-ring (bicyclic) bond motifs is 1. The molecular weight excluding hydrogens is 328 g/mol. The van der Waals surface area contributed by atoms with Crippen LogP contribution in [-0.4, -0.2) is 45.6 Å². The second-order valence-corrected chi connectivity index (χ2v) is 7.64. The second kappa shape index (κ2) is 7.09. The third kappa shape index (κ3) is 3.74. The highest BCUT2D eigenvalue weighted by atomic mass is 16.2.